The summed E-state index contributed by atoms with van der Waals surface area (Å²) in [6.45, 7) is 2.01. The van der Waals surface area contributed by atoms with Gasteiger partial charge in [-0.2, -0.15) is 16.4 Å². The van der Waals surface area contributed by atoms with Crippen LogP contribution in [0.5, 0.6) is 0 Å². The van der Waals surface area contributed by atoms with Crippen LogP contribution in [-0.2, 0) is 7.05 Å². The van der Waals surface area contributed by atoms with E-state index in [2.05, 4.69) is 28.0 Å². The summed E-state index contributed by atoms with van der Waals surface area (Å²) in [5, 5.41) is 8.50. The third-order valence-corrected chi connectivity index (χ3v) is 2.50. The van der Waals surface area contributed by atoms with Gasteiger partial charge >= 0.3 is 0 Å². The molecule has 0 aromatic carbocycles. The molecule has 2 aromatic rings. The van der Waals surface area contributed by atoms with Gasteiger partial charge in [0, 0.05) is 18.0 Å². The lowest BCUT2D eigenvalue weighted by atomic mass is 10.2. The number of rotatable bonds is 1. The largest absolute Gasteiger partial charge is 0.268 e. The SMILES string of the molecule is Cc1cc(-c2ccsc2)n(C)n1. The van der Waals surface area contributed by atoms with Crippen molar-refractivity contribution in [2.24, 2.45) is 7.05 Å². The summed E-state index contributed by atoms with van der Waals surface area (Å²) in [7, 11) is 1.97. The van der Waals surface area contributed by atoms with Crippen LogP contribution in [0.4, 0.5) is 0 Å². The summed E-state index contributed by atoms with van der Waals surface area (Å²) >= 11 is 1.71. The van der Waals surface area contributed by atoms with Crippen molar-refractivity contribution in [2.45, 2.75) is 6.92 Å². The maximum atomic E-state index is 4.29. The lowest BCUT2D eigenvalue weighted by Gasteiger charge is -1.95. The highest BCUT2D eigenvalue weighted by Gasteiger charge is 2.03. The van der Waals surface area contributed by atoms with E-state index in [1.807, 2.05) is 18.7 Å². The van der Waals surface area contributed by atoms with Gasteiger partial charge in [0.1, 0.15) is 0 Å². The first-order valence-corrected chi connectivity index (χ1v) is 4.75. The van der Waals surface area contributed by atoms with Gasteiger partial charge < -0.3 is 0 Å². The number of nitrogens with zero attached hydrogens (tertiary/aromatic N) is 2. The minimum absolute atomic E-state index is 1.07. The molecule has 0 amide bonds. The molecule has 62 valence electrons. The molecule has 0 fully saturated rings. The van der Waals surface area contributed by atoms with Gasteiger partial charge in [-0.1, -0.05) is 0 Å². The monoisotopic (exact) mass is 178 g/mol. The second kappa shape index (κ2) is 2.75. The quantitative estimate of drug-likeness (QED) is 0.656. The van der Waals surface area contributed by atoms with Gasteiger partial charge in [-0.25, -0.2) is 0 Å². The molecule has 0 N–H and O–H groups in total. The molecule has 12 heavy (non-hydrogen) atoms. The Morgan fingerprint density at radius 2 is 2.33 bits per heavy atom. The number of hydrogen-bond acceptors (Lipinski definition) is 2. The van der Waals surface area contributed by atoms with Gasteiger partial charge in [0.05, 0.1) is 11.4 Å². The van der Waals surface area contributed by atoms with Gasteiger partial charge in [-0.15, -0.1) is 0 Å². The fourth-order valence-corrected chi connectivity index (χ4v) is 1.94. The molecule has 0 aliphatic heterocycles. The molecule has 0 spiro atoms. The number of thiophene rings is 1. The van der Waals surface area contributed by atoms with Gasteiger partial charge in [0.15, 0.2) is 0 Å². The van der Waals surface area contributed by atoms with E-state index in [4.69, 9.17) is 0 Å². The van der Waals surface area contributed by atoms with Gasteiger partial charge in [-0.3, -0.25) is 4.68 Å². The summed E-state index contributed by atoms with van der Waals surface area (Å²) in [6.07, 6.45) is 0. The van der Waals surface area contributed by atoms with E-state index >= 15 is 0 Å². The third kappa shape index (κ3) is 1.16. The topological polar surface area (TPSA) is 17.8 Å². The van der Waals surface area contributed by atoms with Gasteiger partial charge in [-0.05, 0) is 24.4 Å². The average molecular weight is 178 g/mol. The Balaban J connectivity index is 2.54. The van der Waals surface area contributed by atoms with Crippen molar-refractivity contribution in [2.75, 3.05) is 0 Å². The van der Waals surface area contributed by atoms with E-state index < -0.39 is 0 Å². The zero-order valence-electron chi connectivity index (χ0n) is 7.11. The molecule has 2 aromatic heterocycles. The predicted octanol–water partition coefficient (Wildman–Crippen LogP) is 2.46. The standard InChI is InChI=1S/C9H10N2S/c1-7-5-9(11(2)10-7)8-3-4-12-6-8/h3-6H,1-2H3. The Morgan fingerprint density at radius 3 is 2.83 bits per heavy atom. The Kier molecular flexibility index (Phi) is 1.73. The maximum absolute atomic E-state index is 4.29. The van der Waals surface area contributed by atoms with Crippen LogP contribution in [0.25, 0.3) is 11.3 Å². The minimum atomic E-state index is 1.07. The van der Waals surface area contributed by atoms with Gasteiger partial charge in [0.25, 0.3) is 0 Å². The smallest absolute Gasteiger partial charge is 0.0690 e. The van der Waals surface area contributed by atoms with E-state index in [9.17, 15) is 0 Å². The van der Waals surface area contributed by atoms with E-state index in [1.165, 1.54) is 11.3 Å². The molecule has 0 radical (unpaired) electrons. The molecular formula is C9H10N2S. The van der Waals surface area contributed by atoms with Crippen molar-refractivity contribution in [3.05, 3.63) is 28.6 Å². The maximum Gasteiger partial charge on any atom is 0.0690 e. The van der Waals surface area contributed by atoms with Crippen LogP contribution in [-0.4, -0.2) is 9.78 Å². The highest BCUT2D eigenvalue weighted by molar-refractivity contribution is 7.08. The summed E-state index contributed by atoms with van der Waals surface area (Å²) in [5.41, 5.74) is 3.51. The molecule has 0 saturated carbocycles. The number of hydrogen-bond donors (Lipinski definition) is 0. The second-order valence-corrected chi connectivity index (χ2v) is 3.59. The fourth-order valence-electron chi connectivity index (χ4n) is 1.29. The Bertz CT molecular complexity index is 373. The molecule has 3 heteroatoms. The van der Waals surface area contributed by atoms with Crippen LogP contribution in [0, 0.1) is 6.92 Å². The predicted molar refractivity (Wildman–Crippen MR) is 51.3 cm³/mol. The average Bonchev–Trinajstić information content (AvgIpc) is 2.58. The van der Waals surface area contributed by atoms with E-state index in [0.29, 0.717) is 0 Å². The van der Waals surface area contributed by atoms with Crippen LogP contribution >= 0.6 is 11.3 Å². The normalized spacial score (nSPS) is 10.5. The summed E-state index contributed by atoms with van der Waals surface area (Å²) < 4.78 is 1.91. The lowest BCUT2D eigenvalue weighted by Crippen LogP contribution is -1.92. The zero-order valence-corrected chi connectivity index (χ0v) is 7.93. The number of aromatic nitrogens is 2. The van der Waals surface area contributed by atoms with Crippen molar-refractivity contribution in [3.8, 4) is 11.3 Å². The molecule has 0 unspecified atom stereocenters. The lowest BCUT2D eigenvalue weighted by molar-refractivity contribution is 0.764. The molecule has 0 atom stereocenters. The molecule has 0 aliphatic rings. The molecule has 0 saturated heterocycles. The van der Waals surface area contributed by atoms with Crippen LogP contribution < -0.4 is 0 Å². The first kappa shape index (κ1) is 7.55. The summed E-state index contributed by atoms with van der Waals surface area (Å²) in [5.74, 6) is 0. The molecule has 0 aliphatic carbocycles. The highest BCUT2D eigenvalue weighted by Crippen LogP contribution is 2.21. The third-order valence-electron chi connectivity index (χ3n) is 1.82. The van der Waals surface area contributed by atoms with Crippen molar-refractivity contribution >= 4 is 11.3 Å². The van der Waals surface area contributed by atoms with E-state index in [-0.39, 0.29) is 0 Å². The fraction of sp³-hybridized carbons (Fsp3) is 0.222. The molecule has 2 rings (SSSR count). The highest BCUT2D eigenvalue weighted by atomic mass is 32.1. The zero-order chi connectivity index (χ0) is 8.55. The van der Waals surface area contributed by atoms with Crippen molar-refractivity contribution in [1.29, 1.82) is 0 Å². The first-order valence-electron chi connectivity index (χ1n) is 3.80. The summed E-state index contributed by atoms with van der Waals surface area (Å²) in [6, 6.07) is 4.21. The van der Waals surface area contributed by atoms with Gasteiger partial charge in [0.2, 0.25) is 0 Å². The molecule has 2 nitrogen and oxygen atoms in total. The second-order valence-electron chi connectivity index (χ2n) is 2.81. The minimum Gasteiger partial charge on any atom is -0.268 e. The Morgan fingerprint density at radius 1 is 1.50 bits per heavy atom. The summed E-state index contributed by atoms with van der Waals surface area (Å²) in [4.78, 5) is 0. The first-order chi connectivity index (χ1) is 5.77. The van der Waals surface area contributed by atoms with Crippen molar-refractivity contribution in [3.63, 3.8) is 0 Å². The molecule has 2 heterocycles. The number of aryl methyl sites for hydroxylation is 2. The molecular weight excluding hydrogens is 168 g/mol. The van der Waals surface area contributed by atoms with Crippen molar-refractivity contribution in [1.82, 2.24) is 9.78 Å². The van der Waals surface area contributed by atoms with E-state index in [0.717, 1.165) is 5.69 Å². The van der Waals surface area contributed by atoms with Crippen LogP contribution in [0.3, 0.4) is 0 Å². The molecule has 0 bridgehead atoms. The Labute approximate surface area is 75.5 Å². The van der Waals surface area contributed by atoms with Crippen LogP contribution in [0.2, 0.25) is 0 Å². The van der Waals surface area contributed by atoms with E-state index in [1.54, 1.807) is 11.3 Å². The van der Waals surface area contributed by atoms with Crippen LogP contribution in [0.15, 0.2) is 22.9 Å². The Hall–Kier alpha value is -1.09. The van der Waals surface area contributed by atoms with Crippen LogP contribution in [0.1, 0.15) is 5.69 Å². The van der Waals surface area contributed by atoms with Crippen molar-refractivity contribution < 1.29 is 0 Å².